The summed E-state index contributed by atoms with van der Waals surface area (Å²) in [5.41, 5.74) is 0. The number of carbonyl (C=O) groups is 4. The molecule has 7 atom stereocenters. The highest BCUT2D eigenvalue weighted by atomic mass is 31.2. The number of carbonyl (C=O) groups excluding carboxylic acids is 4. The molecule has 17 nitrogen and oxygen atoms in total. The van der Waals surface area contributed by atoms with Crippen molar-refractivity contribution in [1.29, 1.82) is 0 Å². The summed E-state index contributed by atoms with van der Waals surface area (Å²) in [5, 5.41) is 10.7. The number of hydrogen-bond acceptors (Lipinski definition) is 15. The Bertz CT molecular complexity index is 2050. The normalized spacial score (nSPS) is 14.4. The van der Waals surface area contributed by atoms with Crippen molar-refractivity contribution in [2.45, 2.75) is 478 Å². The number of esters is 4. The van der Waals surface area contributed by atoms with Gasteiger partial charge < -0.3 is 33.8 Å². The van der Waals surface area contributed by atoms with Crippen molar-refractivity contribution in [3.8, 4) is 0 Å². The van der Waals surface area contributed by atoms with Gasteiger partial charge in [-0.1, -0.05) is 408 Å². The number of hydrogen-bond donors (Lipinski definition) is 3. The molecule has 0 saturated heterocycles. The largest absolute Gasteiger partial charge is 0.472 e. The third-order valence-corrected chi connectivity index (χ3v) is 23.0. The quantitative estimate of drug-likeness (QED) is 0.0222. The summed E-state index contributed by atoms with van der Waals surface area (Å²) in [6.45, 7) is 12.1. The number of phosphoric acid groups is 2. The Labute approximate surface area is 651 Å². The molecular weight excluding hydrogens is 1380 g/mol. The van der Waals surface area contributed by atoms with E-state index in [0.717, 1.165) is 108 Å². The minimum Gasteiger partial charge on any atom is -0.462 e. The molecule has 0 aliphatic heterocycles. The number of unbranched alkanes of at least 4 members (excludes halogenated alkanes) is 51. The summed E-state index contributed by atoms with van der Waals surface area (Å²) >= 11 is 0. The van der Waals surface area contributed by atoms with E-state index in [0.29, 0.717) is 25.7 Å². The SMILES string of the molecule is CCCCCCCCCCCCCCCCCCCC(=O)O[C@H](COC(=O)CCCCCCCCCCC(C)CC)COP(=O)(O)OC[C@H](O)COP(=O)(O)OC[C@@H](COC(=O)CCCCCCCCCCCCCCCCC(C)CC)OC(=O)CCCCCCCCCCCCCCCCCCC(C)C. The standard InChI is InChI=1S/C87H170O17P2/c1-8-11-12-13-14-15-16-17-18-19-23-30-35-40-49-56-63-71-87(92)104-83(75-98-85(90)69-62-55-48-43-42-46-53-60-67-80(7)10-3)77-102-106(95,96)100-73-81(88)72-99-105(93,94)101-76-82(74-97-84(89)68-61-54-47-39-34-29-26-25-28-33-38-45-52-59-66-79(6)9-2)103-86(91)70-64-57-50-41-36-31-24-21-20-22-27-32-37-44-51-58-65-78(4)5/h78-83,88H,8-77H2,1-7H3,(H,93,94)(H,95,96)/t79?,80?,81-,82-,83-/m1/s1. The summed E-state index contributed by atoms with van der Waals surface area (Å²) < 4.78 is 69.0. The van der Waals surface area contributed by atoms with Crippen LogP contribution in [-0.4, -0.2) is 96.7 Å². The van der Waals surface area contributed by atoms with E-state index >= 15 is 0 Å². The van der Waals surface area contributed by atoms with E-state index in [-0.39, 0.29) is 25.7 Å². The van der Waals surface area contributed by atoms with E-state index in [9.17, 15) is 43.2 Å². The highest BCUT2D eigenvalue weighted by Gasteiger charge is 2.31. The predicted octanol–water partition coefficient (Wildman–Crippen LogP) is 26.5. The molecular formula is C87H170O17P2. The lowest BCUT2D eigenvalue weighted by Crippen LogP contribution is -2.30. The molecule has 0 aromatic carbocycles. The zero-order chi connectivity index (χ0) is 77.9. The maximum Gasteiger partial charge on any atom is 0.472 e. The Morgan fingerprint density at radius 2 is 0.481 bits per heavy atom. The number of ether oxygens (including phenoxy) is 4. The number of phosphoric ester groups is 2. The van der Waals surface area contributed by atoms with Crippen LogP contribution in [0, 0.1) is 17.8 Å². The molecule has 0 aromatic rings. The maximum absolute atomic E-state index is 13.2. The van der Waals surface area contributed by atoms with Gasteiger partial charge in [-0.3, -0.25) is 37.3 Å². The van der Waals surface area contributed by atoms with Gasteiger partial charge in [-0.2, -0.15) is 0 Å². The molecule has 0 bridgehead atoms. The predicted molar refractivity (Wildman–Crippen MR) is 437 cm³/mol. The van der Waals surface area contributed by atoms with Gasteiger partial charge in [0.2, 0.25) is 0 Å². The molecule has 630 valence electrons. The van der Waals surface area contributed by atoms with Gasteiger partial charge in [-0.25, -0.2) is 9.13 Å². The summed E-state index contributed by atoms with van der Waals surface area (Å²) in [6.07, 6.45) is 67.8. The second-order valence-corrected chi connectivity index (χ2v) is 35.1. The number of aliphatic hydroxyl groups excluding tert-OH is 1. The molecule has 4 unspecified atom stereocenters. The summed E-state index contributed by atoms with van der Waals surface area (Å²) in [7, 11) is -9.93. The van der Waals surface area contributed by atoms with Crippen LogP contribution in [0.1, 0.15) is 459 Å². The van der Waals surface area contributed by atoms with Crippen molar-refractivity contribution >= 4 is 39.5 Å². The van der Waals surface area contributed by atoms with E-state index in [1.165, 1.54) is 270 Å². The summed E-state index contributed by atoms with van der Waals surface area (Å²) in [5.74, 6) is 0.335. The van der Waals surface area contributed by atoms with Gasteiger partial charge in [0.25, 0.3) is 0 Å². The van der Waals surface area contributed by atoms with Crippen LogP contribution in [0.15, 0.2) is 0 Å². The molecule has 0 aliphatic carbocycles. The van der Waals surface area contributed by atoms with Crippen LogP contribution < -0.4 is 0 Å². The topological polar surface area (TPSA) is 237 Å². The van der Waals surface area contributed by atoms with Crippen molar-refractivity contribution in [2.75, 3.05) is 39.6 Å². The van der Waals surface area contributed by atoms with Gasteiger partial charge in [0.15, 0.2) is 12.2 Å². The molecule has 0 amide bonds. The van der Waals surface area contributed by atoms with E-state index in [1.807, 2.05) is 0 Å². The van der Waals surface area contributed by atoms with Crippen LogP contribution in [0.5, 0.6) is 0 Å². The monoisotopic (exact) mass is 1550 g/mol. The minimum absolute atomic E-state index is 0.108. The molecule has 0 spiro atoms. The fourth-order valence-corrected chi connectivity index (χ4v) is 15.1. The highest BCUT2D eigenvalue weighted by Crippen LogP contribution is 2.45. The van der Waals surface area contributed by atoms with E-state index < -0.39 is 97.5 Å². The number of rotatable bonds is 85. The Morgan fingerprint density at radius 1 is 0.274 bits per heavy atom. The average molecular weight is 1550 g/mol. The molecule has 0 rings (SSSR count). The molecule has 19 heteroatoms. The van der Waals surface area contributed by atoms with Crippen LogP contribution in [-0.2, 0) is 65.4 Å². The van der Waals surface area contributed by atoms with Crippen molar-refractivity contribution in [3.63, 3.8) is 0 Å². The Kier molecular flexibility index (Phi) is 75.6. The summed E-state index contributed by atoms with van der Waals surface area (Å²) in [6, 6.07) is 0. The highest BCUT2D eigenvalue weighted by molar-refractivity contribution is 7.47. The zero-order valence-corrected chi connectivity index (χ0v) is 71.7. The number of aliphatic hydroxyl groups is 1. The van der Waals surface area contributed by atoms with Gasteiger partial charge in [0.1, 0.15) is 19.3 Å². The van der Waals surface area contributed by atoms with Crippen LogP contribution in [0.25, 0.3) is 0 Å². The average Bonchev–Trinajstić information content (AvgIpc) is 0.900. The third-order valence-electron chi connectivity index (χ3n) is 21.1. The maximum atomic E-state index is 13.2. The Hall–Kier alpha value is -1.94. The fraction of sp³-hybridized carbons (Fsp3) is 0.954. The smallest absolute Gasteiger partial charge is 0.462 e. The van der Waals surface area contributed by atoms with E-state index in [1.54, 1.807) is 0 Å². The Morgan fingerprint density at radius 3 is 0.717 bits per heavy atom. The third kappa shape index (κ3) is 77.4. The lowest BCUT2D eigenvalue weighted by atomic mass is 9.99. The first-order chi connectivity index (χ1) is 51.3. The first-order valence-corrected chi connectivity index (χ1v) is 47.9. The van der Waals surface area contributed by atoms with Crippen LogP contribution >= 0.6 is 15.6 Å². The van der Waals surface area contributed by atoms with Gasteiger partial charge in [-0.05, 0) is 43.4 Å². The minimum atomic E-state index is -4.97. The van der Waals surface area contributed by atoms with Gasteiger partial charge in [0.05, 0.1) is 26.4 Å². The molecule has 0 radical (unpaired) electrons. The fourth-order valence-electron chi connectivity index (χ4n) is 13.5. The molecule has 3 N–H and O–H groups in total. The van der Waals surface area contributed by atoms with Crippen molar-refractivity contribution in [3.05, 3.63) is 0 Å². The van der Waals surface area contributed by atoms with Gasteiger partial charge >= 0.3 is 39.5 Å². The van der Waals surface area contributed by atoms with Crippen molar-refractivity contribution in [2.24, 2.45) is 17.8 Å². The molecule has 0 heterocycles. The lowest BCUT2D eigenvalue weighted by molar-refractivity contribution is -0.161. The van der Waals surface area contributed by atoms with Crippen LogP contribution in [0.3, 0.4) is 0 Å². The second-order valence-electron chi connectivity index (χ2n) is 32.2. The molecule has 0 aliphatic rings. The van der Waals surface area contributed by atoms with E-state index in [2.05, 4.69) is 48.5 Å². The molecule has 0 saturated carbocycles. The molecule has 0 fully saturated rings. The van der Waals surface area contributed by atoms with Crippen molar-refractivity contribution in [1.82, 2.24) is 0 Å². The van der Waals surface area contributed by atoms with E-state index in [4.69, 9.17) is 37.0 Å². The van der Waals surface area contributed by atoms with Crippen molar-refractivity contribution < 1.29 is 80.2 Å². The zero-order valence-electron chi connectivity index (χ0n) is 69.9. The van der Waals surface area contributed by atoms with Gasteiger partial charge in [0, 0.05) is 25.7 Å². The van der Waals surface area contributed by atoms with Gasteiger partial charge in [-0.15, -0.1) is 0 Å². The molecule has 0 aromatic heterocycles. The van der Waals surface area contributed by atoms with Crippen LogP contribution in [0.2, 0.25) is 0 Å². The first kappa shape index (κ1) is 104. The summed E-state index contributed by atoms with van der Waals surface area (Å²) in [4.78, 5) is 73.3. The van der Waals surface area contributed by atoms with Crippen LogP contribution in [0.4, 0.5) is 0 Å². The Balaban J connectivity index is 5.27. The second kappa shape index (κ2) is 77.0. The first-order valence-electron chi connectivity index (χ1n) is 44.9. The lowest BCUT2D eigenvalue weighted by Gasteiger charge is -2.21. The molecule has 106 heavy (non-hydrogen) atoms.